The van der Waals surface area contributed by atoms with E-state index in [0.29, 0.717) is 5.92 Å². The molecule has 0 radical (unpaired) electrons. The normalized spacial score (nSPS) is 27.9. The van der Waals surface area contributed by atoms with Gasteiger partial charge in [0.25, 0.3) is 0 Å². The molecule has 1 fully saturated rings. The Morgan fingerprint density at radius 3 is 2.22 bits per heavy atom. The van der Waals surface area contributed by atoms with Crippen molar-refractivity contribution < 1.29 is 9.47 Å². The molecule has 18 heavy (non-hydrogen) atoms. The Morgan fingerprint density at radius 1 is 1.06 bits per heavy atom. The molecule has 0 spiro atoms. The topological polar surface area (TPSA) is 44.5 Å². The molecule has 1 saturated carbocycles. The summed E-state index contributed by atoms with van der Waals surface area (Å²) in [5.74, 6) is 2.84. The van der Waals surface area contributed by atoms with Gasteiger partial charge >= 0.3 is 0 Å². The lowest BCUT2D eigenvalue weighted by molar-refractivity contribution is 0.304. The van der Waals surface area contributed by atoms with Crippen LogP contribution in [0.3, 0.4) is 0 Å². The second-order valence-electron chi connectivity index (χ2n) is 5.33. The Balaban J connectivity index is 2.30. The lowest BCUT2D eigenvalue weighted by Crippen LogP contribution is -2.33. The maximum atomic E-state index is 6.27. The number of nitrogens with two attached hydrogens (primary N) is 1. The highest BCUT2D eigenvalue weighted by molar-refractivity contribution is 5.40. The fourth-order valence-corrected chi connectivity index (χ4v) is 2.83. The maximum Gasteiger partial charge on any atom is 0.122 e. The Hall–Kier alpha value is -1.22. The fourth-order valence-electron chi connectivity index (χ4n) is 2.83. The second-order valence-corrected chi connectivity index (χ2v) is 5.33. The molecule has 3 nitrogen and oxygen atoms in total. The molecule has 1 aliphatic rings. The minimum absolute atomic E-state index is 0.248. The van der Waals surface area contributed by atoms with Crippen LogP contribution in [-0.2, 0) is 0 Å². The minimum Gasteiger partial charge on any atom is -0.497 e. The first kappa shape index (κ1) is 13.2. The molecule has 0 aliphatic heterocycles. The van der Waals surface area contributed by atoms with Crippen molar-refractivity contribution in [2.24, 2.45) is 11.7 Å². The third kappa shape index (κ3) is 2.78. The van der Waals surface area contributed by atoms with Crippen molar-refractivity contribution in [1.82, 2.24) is 0 Å². The van der Waals surface area contributed by atoms with Crippen LogP contribution in [0.1, 0.15) is 37.7 Å². The van der Waals surface area contributed by atoms with Gasteiger partial charge in [-0.2, -0.15) is 0 Å². The van der Waals surface area contributed by atoms with E-state index in [4.69, 9.17) is 15.2 Å². The maximum absolute atomic E-state index is 6.27. The molecule has 0 bridgehead atoms. The summed E-state index contributed by atoms with van der Waals surface area (Å²) in [6, 6.07) is 6.33. The van der Waals surface area contributed by atoms with Gasteiger partial charge in [0, 0.05) is 12.1 Å². The van der Waals surface area contributed by atoms with Crippen LogP contribution >= 0.6 is 0 Å². The van der Waals surface area contributed by atoms with Gasteiger partial charge in [-0.15, -0.1) is 0 Å². The van der Waals surface area contributed by atoms with E-state index >= 15 is 0 Å². The molecule has 0 amide bonds. The van der Waals surface area contributed by atoms with Crippen LogP contribution in [-0.4, -0.2) is 20.3 Å². The molecule has 0 heterocycles. The summed E-state index contributed by atoms with van der Waals surface area (Å²) in [6.45, 7) is 2.30. The van der Waals surface area contributed by atoms with Gasteiger partial charge < -0.3 is 15.2 Å². The van der Waals surface area contributed by atoms with Crippen LogP contribution < -0.4 is 15.2 Å². The first-order chi connectivity index (χ1) is 8.63. The highest BCUT2D eigenvalue weighted by atomic mass is 16.5. The van der Waals surface area contributed by atoms with Gasteiger partial charge in [-0.3, -0.25) is 0 Å². The number of rotatable bonds is 3. The molecule has 2 N–H and O–H groups in total. The Kier molecular flexibility index (Phi) is 4.12. The van der Waals surface area contributed by atoms with E-state index in [2.05, 4.69) is 19.1 Å². The molecule has 1 aromatic carbocycles. The zero-order chi connectivity index (χ0) is 13.1. The SMILES string of the molecule is COc1cc(OC)cc(C2CC(C)CCC2N)c1. The molecular weight excluding hydrogens is 226 g/mol. The molecule has 1 aliphatic carbocycles. The van der Waals surface area contributed by atoms with E-state index in [9.17, 15) is 0 Å². The predicted molar refractivity (Wildman–Crippen MR) is 73.3 cm³/mol. The van der Waals surface area contributed by atoms with Gasteiger partial charge in [0.05, 0.1) is 14.2 Å². The van der Waals surface area contributed by atoms with E-state index in [1.807, 2.05) is 6.07 Å². The highest BCUT2D eigenvalue weighted by Crippen LogP contribution is 2.38. The number of benzene rings is 1. The van der Waals surface area contributed by atoms with Crippen LogP contribution in [0, 0.1) is 5.92 Å². The van der Waals surface area contributed by atoms with E-state index in [1.165, 1.54) is 12.0 Å². The first-order valence-electron chi connectivity index (χ1n) is 6.62. The molecule has 3 heteroatoms. The number of ether oxygens (including phenoxy) is 2. The van der Waals surface area contributed by atoms with Crippen molar-refractivity contribution in [3.63, 3.8) is 0 Å². The Morgan fingerprint density at radius 2 is 1.67 bits per heavy atom. The van der Waals surface area contributed by atoms with Crippen LogP contribution in [0.4, 0.5) is 0 Å². The molecule has 3 unspecified atom stereocenters. The van der Waals surface area contributed by atoms with Gasteiger partial charge in [0.2, 0.25) is 0 Å². The monoisotopic (exact) mass is 249 g/mol. The minimum atomic E-state index is 0.248. The average molecular weight is 249 g/mol. The van der Waals surface area contributed by atoms with Crippen LogP contribution in [0.15, 0.2) is 18.2 Å². The predicted octanol–water partition coefficient (Wildman–Crippen LogP) is 2.93. The summed E-state index contributed by atoms with van der Waals surface area (Å²) in [6.07, 6.45) is 3.49. The average Bonchev–Trinajstić information content (AvgIpc) is 2.40. The number of methoxy groups -OCH3 is 2. The van der Waals surface area contributed by atoms with Crippen LogP contribution in [0.2, 0.25) is 0 Å². The van der Waals surface area contributed by atoms with E-state index in [-0.39, 0.29) is 6.04 Å². The van der Waals surface area contributed by atoms with Crippen molar-refractivity contribution in [3.8, 4) is 11.5 Å². The van der Waals surface area contributed by atoms with Crippen LogP contribution in [0.5, 0.6) is 11.5 Å². The third-order valence-electron chi connectivity index (χ3n) is 3.97. The molecule has 0 aromatic heterocycles. The van der Waals surface area contributed by atoms with E-state index in [0.717, 1.165) is 30.3 Å². The number of hydrogen-bond donors (Lipinski definition) is 1. The van der Waals surface area contributed by atoms with Crippen molar-refractivity contribution in [1.29, 1.82) is 0 Å². The molecule has 2 rings (SSSR count). The standard InChI is InChI=1S/C15H23NO2/c1-10-4-5-15(16)14(6-10)11-7-12(17-2)9-13(8-11)18-3/h7-10,14-15H,4-6,16H2,1-3H3. The Bertz CT molecular complexity index is 383. The summed E-state index contributed by atoms with van der Waals surface area (Å²) in [5.41, 5.74) is 7.52. The van der Waals surface area contributed by atoms with Gasteiger partial charge in [-0.25, -0.2) is 0 Å². The molecule has 100 valence electrons. The molecular formula is C15H23NO2. The smallest absolute Gasteiger partial charge is 0.122 e. The number of hydrogen-bond acceptors (Lipinski definition) is 3. The van der Waals surface area contributed by atoms with E-state index in [1.54, 1.807) is 14.2 Å². The lowest BCUT2D eigenvalue weighted by Gasteiger charge is -2.33. The van der Waals surface area contributed by atoms with Gasteiger partial charge in [0.15, 0.2) is 0 Å². The van der Waals surface area contributed by atoms with Crippen molar-refractivity contribution in [2.75, 3.05) is 14.2 Å². The van der Waals surface area contributed by atoms with Crippen molar-refractivity contribution >= 4 is 0 Å². The fraction of sp³-hybridized carbons (Fsp3) is 0.600. The summed E-state index contributed by atoms with van der Waals surface area (Å²) < 4.78 is 10.7. The quantitative estimate of drug-likeness (QED) is 0.895. The third-order valence-corrected chi connectivity index (χ3v) is 3.97. The summed E-state index contributed by atoms with van der Waals surface area (Å²) >= 11 is 0. The van der Waals surface area contributed by atoms with Gasteiger partial charge in [-0.05, 0) is 48.8 Å². The van der Waals surface area contributed by atoms with Gasteiger partial charge in [0.1, 0.15) is 11.5 Å². The van der Waals surface area contributed by atoms with Crippen LogP contribution in [0.25, 0.3) is 0 Å². The summed E-state index contributed by atoms with van der Waals surface area (Å²) in [7, 11) is 3.37. The molecule has 0 saturated heterocycles. The highest BCUT2D eigenvalue weighted by Gasteiger charge is 2.27. The van der Waals surface area contributed by atoms with Crippen molar-refractivity contribution in [3.05, 3.63) is 23.8 Å². The molecule has 3 atom stereocenters. The molecule has 1 aromatic rings. The van der Waals surface area contributed by atoms with E-state index < -0.39 is 0 Å². The largest absolute Gasteiger partial charge is 0.497 e. The summed E-state index contributed by atoms with van der Waals surface area (Å²) in [4.78, 5) is 0. The van der Waals surface area contributed by atoms with Crippen molar-refractivity contribution in [2.45, 2.75) is 38.1 Å². The second kappa shape index (κ2) is 5.61. The lowest BCUT2D eigenvalue weighted by atomic mass is 9.76. The summed E-state index contributed by atoms with van der Waals surface area (Å²) in [5, 5.41) is 0. The zero-order valence-corrected chi connectivity index (χ0v) is 11.5. The first-order valence-corrected chi connectivity index (χ1v) is 6.62. The van der Waals surface area contributed by atoms with Gasteiger partial charge in [-0.1, -0.05) is 6.92 Å². The zero-order valence-electron chi connectivity index (χ0n) is 11.5. The Labute approximate surface area is 109 Å².